The fourth-order valence-corrected chi connectivity index (χ4v) is 4.08. The molecule has 25 heavy (non-hydrogen) atoms. The van der Waals surface area contributed by atoms with Crippen molar-refractivity contribution in [2.75, 3.05) is 31.1 Å². The molecule has 2 fully saturated rings. The predicted octanol–water partition coefficient (Wildman–Crippen LogP) is 1.82. The van der Waals surface area contributed by atoms with Crippen molar-refractivity contribution in [1.82, 2.24) is 19.9 Å². The van der Waals surface area contributed by atoms with Gasteiger partial charge in [0.2, 0.25) is 5.95 Å². The molecule has 1 saturated carbocycles. The summed E-state index contributed by atoms with van der Waals surface area (Å²) in [5.41, 5.74) is 0.0665. The molecule has 0 bridgehead atoms. The Morgan fingerprint density at radius 2 is 1.56 bits per heavy atom. The first kappa shape index (κ1) is 16.4. The molecule has 0 radical (unpaired) electrons. The minimum absolute atomic E-state index is 0.558. The molecule has 1 N–H and O–H groups in total. The number of rotatable bonds is 3. The third kappa shape index (κ3) is 3.50. The number of aromatic nitrogens is 3. The van der Waals surface area contributed by atoms with E-state index < -0.39 is 5.60 Å². The highest BCUT2D eigenvalue weighted by molar-refractivity contribution is 5.29. The molecule has 6 nitrogen and oxygen atoms in total. The van der Waals surface area contributed by atoms with Crippen molar-refractivity contribution in [3.63, 3.8) is 0 Å². The summed E-state index contributed by atoms with van der Waals surface area (Å²) in [5, 5.41) is 10.9. The van der Waals surface area contributed by atoms with E-state index in [-0.39, 0.29) is 0 Å². The van der Waals surface area contributed by atoms with Gasteiger partial charge in [-0.05, 0) is 43.9 Å². The van der Waals surface area contributed by atoms with E-state index in [4.69, 9.17) is 0 Å². The van der Waals surface area contributed by atoms with Crippen LogP contribution in [0.4, 0.5) is 5.95 Å². The molecule has 132 valence electrons. The van der Waals surface area contributed by atoms with Gasteiger partial charge >= 0.3 is 0 Å². The maximum Gasteiger partial charge on any atom is 0.225 e. The third-order valence-corrected chi connectivity index (χ3v) is 5.59. The molecule has 1 aliphatic heterocycles. The van der Waals surface area contributed by atoms with Crippen LogP contribution in [0.25, 0.3) is 0 Å². The van der Waals surface area contributed by atoms with Gasteiger partial charge in [-0.2, -0.15) is 0 Å². The maximum absolute atomic E-state index is 10.9. The molecule has 0 unspecified atom stereocenters. The Bertz CT molecular complexity index is 665. The molecule has 3 heterocycles. The van der Waals surface area contributed by atoms with Crippen molar-refractivity contribution < 1.29 is 5.11 Å². The number of piperazine rings is 1. The van der Waals surface area contributed by atoms with Gasteiger partial charge in [-0.1, -0.05) is 6.07 Å². The molecule has 0 atom stereocenters. The Kier molecular flexibility index (Phi) is 4.63. The van der Waals surface area contributed by atoms with Crippen LogP contribution in [0.15, 0.2) is 42.9 Å². The molecule has 2 aliphatic rings. The van der Waals surface area contributed by atoms with Gasteiger partial charge in [-0.15, -0.1) is 0 Å². The van der Waals surface area contributed by atoms with Crippen molar-refractivity contribution in [3.8, 4) is 0 Å². The summed E-state index contributed by atoms with van der Waals surface area (Å²) in [6, 6.07) is 8.21. The van der Waals surface area contributed by atoms with Crippen LogP contribution in [0.3, 0.4) is 0 Å². The van der Waals surface area contributed by atoms with E-state index in [1.807, 2.05) is 24.3 Å². The molecule has 1 aliphatic carbocycles. The molecular formula is C19H25N5O. The highest BCUT2D eigenvalue weighted by atomic mass is 16.3. The van der Waals surface area contributed by atoms with E-state index in [0.717, 1.165) is 63.5 Å². The van der Waals surface area contributed by atoms with Crippen molar-refractivity contribution in [2.45, 2.75) is 37.3 Å². The van der Waals surface area contributed by atoms with E-state index in [2.05, 4.69) is 24.8 Å². The van der Waals surface area contributed by atoms with Crippen LogP contribution < -0.4 is 4.90 Å². The summed E-state index contributed by atoms with van der Waals surface area (Å²) < 4.78 is 0. The quantitative estimate of drug-likeness (QED) is 0.920. The minimum atomic E-state index is -0.753. The lowest BCUT2D eigenvalue weighted by molar-refractivity contribution is -0.0290. The number of aliphatic hydroxyl groups is 1. The lowest BCUT2D eigenvalue weighted by Gasteiger charge is -2.44. The molecule has 0 spiro atoms. The van der Waals surface area contributed by atoms with Crippen LogP contribution >= 0.6 is 0 Å². The Morgan fingerprint density at radius 1 is 0.880 bits per heavy atom. The molecule has 0 aromatic carbocycles. The minimum Gasteiger partial charge on any atom is -0.384 e. The SMILES string of the molecule is O[C@]1(c2ccccn2)CC[C@@H](N2CCN(c3ncccn3)CC2)CC1. The van der Waals surface area contributed by atoms with E-state index >= 15 is 0 Å². The normalized spacial score (nSPS) is 28.0. The lowest BCUT2D eigenvalue weighted by atomic mass is 9.79. The first-order chi connectivity index (χ1) is 12.2. The van der Waals surface area contributed by atoms with Gasteiger partial charge in [0.15, 0.2) is 0 Å². The van der Waals surface area contributed by atoms with Crippen LogP contribution in [0, 0.1) is 0 Å². The van der Waals surface area contributed by atoms with E-state index in [1.165, 1.54) is 0 Å². The summed E-state index contributed by atoms with van der Waals surface area (Å²) in [6.45, 7) is 3.99. The van der Waals surface area contributed by atoms with Crippen molar-refractivity contribution in [2.24, 2.45) is 0 Å². The van der Waals surface area contributed by atoms with Crippen LogP contribution in [0.2, 0.25) is 0 Å². The van der Waals surface area contributed by atoms with Gasteiger partial charge in [0.1, 0.15) is 5.60 Å². The molecular weight excluding hydrogens is 314 g/mol. The van der Waals surface area contributed by atoms with Gasteiger partial charge in [0, 0.05) is 50.8 Å². The largest absolute Gasteiger partial charge is 0.384 e. The second-order valence-corrected chi connectivity index (χ2v) is 7.05. The summed E-state index contributed by atoms with van der Waals surface area (Å²) in [4.78, 5) is 17.9. The van der Waals surface area contributed by atoms with Gasteiger partial charge in [0.05, 0.1) is 5.69 Å². The fourth-order valence-electron chi connectivity index (χ4n) is 4.08. The lowest BCUT2D eigenvalue weighted by Crippen LogP contribution is -2.52. The zero-order valence-corrected chi connectivity index (χ0v) is 14.5. The summed E-state index contributed by atoms with van der Waals surface area (Å²) in [5.74, 6) is 0.829. The van der Waals surface area contributed by atoms with Crippen LogP contribution in [0.5, 0.6) is 0 Å². The fraction of sp³-hybridized carbons (Fsp3) is 0.526. The highest BCUT2D eigenvalue weighted by Crippen LogP contribution is 2.37. The van der Waals surface area contributed by atoms with Crippen molar-refractivity contribution >= 4 is 5.95 Å². The number of nitrogens with zero attached hydrogens (tertiary/aromatic N) is 5. The van der Waals surface area contributed by atoms with Gasteiger partial charge in [-0.3, -0.25) is 9.88 Å². The monoisotopic (exact) mass is 339 g/mol. The van der Waals surface area contributed by atoms with Crippen molar-refractivity contribution in [3.05, 3.63) is 48.5 Å². The van der Waals surface area contributed by atoms with Crippen molar-refractivity contribution in [1.29, 1.82) is 0 Å². The second kappa shape index (κ2) is 7.06. The van der Waals surface area contributed by atoms with Crippen LogP contribution in [-0.2, 0) is 5.60 Å². The number of anilines is 1. The van der Waals surface area contributed by atoms with Gasteiger partial charge < -0.3 is 10.0 Å². The highest BCUT2D eigenvalue weighted by Gasteiger charge is 2.38. The Balaban J connectivity index is 1.32. The maximum atomic E-state index is 10.9. The molecule has 1 saturated heterocycles. The first-order valence-corrected chi connectivity index (χ1v) is 9.14. The summed E-state index contributed by atoms with van der Waals surface area (Å²) in [6.07, 6.45) is 8.99. The molecule has 6 heteroatoms. The summed E-state index contributed by atoms with van der Waals surface area (Å²) >= 11 is 0. The molecule has 4 rings (SSSR count). The van der Waals surface area contributed by atoms with Gasteiger partial charge in [0.25, 0.3) is 0 Å². The summed E-state index contributed by atoms with van der Waals surface area (Å²) in [7, 11) is 0. The smallest absolute Gasteiger partial charge is 0.225 e. The topological polar surface area (TPSA) is 65.4 Å². The average molecular weight is 339 g/mol. The zero-order valence-electron chi connectivity index (χ0n) is 14.5. The predicted molar refractivity (Wildman–Crippen MR) is 96.2 cm³/mol. The number of hydrogen-bond donors (Lipinski definition) is 1. The Morgan fingerprint density at radius 3 is 2.20 bits per heavy atom. The van der Waals surface area contributed by atoms with Crippen LogP contribution in [0.1, 0.15) is 31.4 Å². The molecule has 2 aromatic rings. The molecule has 0 amide bonds. The number of hydrogen-bond acceptors (Lipinski definition) is 6. The Hall–Kier alpha value is -2.05. The van der Waals surface area contributed by atoms with E-state index in [9.17, 15) is 5.11 Å². The second-order valence-electron chi connectivity index (χ2n) is 7.05. The van der Waals surface area contributed by atoms with Crippen LogP contribution in [-0.4, -0.2) is 57.2 Å². The van der Waals surface area contributed by atoms with Gasteiger partial charge in [-0.25, -0.2) is 9.97 Å². The zero-order chi connectivity index (χ0) is 17.1. The average Bonchev–Trinajstić information content (AvgIpc) is 2.70. The Labute approximate surface area is 148 Å². The third-order valence-electron chi connectivity index (χ3n) is 5.59. The number of pyridine rings is 1. The standard InChI is InChI=1S/C19H25N5O/c25-19(17-4-1-2-9-20-17)7-5-16(6-8-19)23-12-14-24(15-13-23)18-21-10-3-11-22-18/h1-4,9-11,16,25H,5-8,12-15H2/t16-,19-. The van der Waals surface area contributed by atoms with E-state index in [1.54, 1.807) is 18.6 Å². The molecule has 2 aromatic heterocycles. The first-order valence-electron chi connectivity index (χ1n) is 9.14. The van der Waals surface area contributed by atoms with E-state index in [0.29, 0.717) is 6.04 Å².